The molecule has 1 amide bonds. The Kier molecular flexibility index (Phi) is 3.06. The Balaban J connectivity index is 1.71. The molecule has 3 rings (SSSR count). The molecule has 0 spiro atoms. The molecule has 0 aliphatic heterocycles. The number of carbonyl (C=O) groups excluding carboxylic acids is 1. The highest BCUT2D eigenvalue weighted by Gasteiger charge is 2.40. The summed E-state index contributed by atoms with van der Waals surface area (Å²) in [6.07, 6.45) is 5.08. The second kappa shape index (κ2) is 4.58. The highest BCUT2D eigenvalue weighted by atomic mass is 35.5. The third-order valence-electron chi connectivity index (χ3n) is 4.42. The van der Waals surface area contributed by atoms with Crippen LogP contribution in [0.3, 0.4) is 0 Å². The van der Waals surface area contributed by atoms with Crippen molar-refractivity contribution in [3.63, 3.8) is 0 Å². The predicted octanol–water partition coefficient (Wildman–Crippen LogP) is 3.57. The van der Waals surface area contributed by atoms with E-state index >= 15 is 0 Å². The fourth-order valence-electron chi connectivity index (χ4n) is 3.47. The number of hydrogen-bond acceptors (Lipinski definition) is 1. The summed E-state index contributed by atoms with van der Waals surface area (Å²) in [5, 5.41) is 3.72. The van der Waals surface area contributed by atoms with Gasteiger partial charge in [-0.15, -0.1) is 0 Å². The molecule has 2 nitrogen and oxygen atoms in total. The minimum Gasteiger partial charge on any atom is -0.349 e. The van der Waals surface area contributed by atoms with Gasteiger partial charge in [0, 0.05) is 6.04 Å². The summed E-state index contributed by atoms with van der Waals surface area (Å²) in [5.74, 6) is 1.52. The van der Waals surface area contributed by atoms with E-state index in [1.165, 1.54) is 19.3 Å². The third kappa shape index (κ3) is 2.14. The highest BCUT2D eigenvalue weighted by molar-refractivity contribution is 6.33. The molecule has 0 saturated heterocycles. The molecule has 1 N–H and O–H groups in total. The van der Waals surface area contributed by atoms with Gasteiger partial charge in [0.25, 0.3) is 5.91 Å². The van der Waals surface area contributed by atoms with Gasteiger partial charge in [-0.3, -0.25) is 4.79 Å². The van der Waals surface area contributed by atoms with Gasteiger partial charge in [-0.05, 0) is 55.7 Å². The van der Waals surface area contributed by atoms with Crippen LogP contribution in [0.5, 0.6) is 0 Å². The van der Waals surface area contributed by atoms with Crippen molar-refractivity contribution in [3.05, 3.63) is 34.3 Å². The van der Waals surface area contributed by atoms with E-state index in [4.69, 9.17) is 11.6 Å². The molecule has 0 heterocycles. The van der Waals surface area contributed by atoms with Crippen molar-refractivity contribution in [2.75, 3.05) is 0 Å². The normalized spacial score (nSPS) is 29.6. The fraction of sp³-hybridized carbons (Fsp3) is 0.533. The minimum absolute atomic E-state index is 0.0162. The fourth-order valence-corrected chi connectivity index (χ4v) is 3.79. The summed E-state index contributed by atoms with van der Waals surface area (Å²) in [6, 6.07) is 5.97. The van der Waals surface area contributed by atoms with Crippen LogP contribution in [0.2, 0.25) is 5.02 Å². The molecule has 2 aliphatic carbocycles. The van der Waals surface area contributed by atoms with Gasteiger partial charge in [-0.1, -0.05) is 24.1 Å². The van der Waals surface area contributed by atoms with Crippen molar-refractivity contribution in [2.24, 2.45) is 11.8 Å². The molecule has 0 radical (unpaired) electrons. The number of benzene rings is 1. The van der Waals surface area contributed by atoms with E-state index < -0.39 is 0 Å². The predicted molar refractivity (Wildman–Crippen MR) is 72.9 cm³/mol. The van der Waals surface area contributed by atoms with Crippen LogP contribution in [0, 0.1) is 18.8 Å². The zero-order chi connectivity index (χ0) is 12.7. The molecule has 1 aromatic carbocycles. The van der Waals surface area contributed by atoms with Gasteiger partial charge in [0.1, 0.15) is 0 Å². The molecule has 2 fully saturated rings. The van der Waals surface area contributed by atoms with Crippen molar-refractivity contribution in [1.29, 1.82) is 0 Å². The number of fused-ring (bicyclic) bond motifs is 2. The highest BCUT2D eigenvalue weighted by Crippen LogP contribution is 2.44. The molecule has 1 aromatic rings. The first-order chi connectivity index (χ1) is 8.63. The Hall–Kier alpha value is -1.02. The Morgan fingerprint density at radius 2 is 2.17 bits per heavy atom. The molecule has 2 aliphatic rings. The topological polar surface area (TPSA) is 29.1 Å². The first kappa shape index (κ1) is 12.0. The van der Waals surface area contributed by atoms with Crippen LogP contribution in [0.15, 0.2) is 18.2 Å². The van der Waals surface area contributed by atoms with Crippen LogP contribution < -0.4 is 5.32 Å². The summed E-state index contributed by atoms with van der Waals surface area (Å²) in [5.41, 5.74) is 1.68. The van der Waals surface area contributed by atoms with Crippen LogP contribution >= 0.6 is 11.6 Å². The number of aryl methyl sites for hydroxylation is 1. The number of nitrogens with one attached hydrogen (secondary N) is 1. The van der Waals surface area contributed by atoms with Gasteiger partial charge < -0.3 is 5.32 Å². The molecular formula is C15H18ClNO. The molecule has 2 bridgehead atoms. The number of hydrogen-bond donors (Lipinski definition) is 1. The van der Waals surface area contributed by atoms with Gasteiger partial charge in [0.2, 0.25) is 0 Å². The molecule has 96 valence electrons. The van der Waals surface area contributed by atoms with Crippen LogP contribution in [-0.4, -0.2) is 11.9 Å². The third-order valence-corrected chi connectivity index (χ3v) is 4.74. The largest absolute Gasteiger partial charge is 0.349 e. The second-order valence-corrected chi connectivity index (χ2v) is 6.15. The van der Waals surface area contributed by atoms with Crippen molar-refractivity contribution in [3.8, 4) is 0 Å². The number of carbonyl (C=O) groups is 1. The maximum absolute atomic E-state index is 12.2. The first-order valence-corrected chi connectivity index (χ1v) is 7.08. The molecule has 0 aromatic heterocycles. The van der Waals surface area contributed by atoms with Crippen molar-refractivity contribution < 1.29 is 4.79 Å². The van der Waals surface area contributed by atoms with E-state index in [1.807, 2.05) is 25.1 Å². The van der Waals surface area contributed by atoms with Crippen LogP contribution in [0.4, 0.5) is 0 Å². The van der Waals surface area contributed by atoms with E-state index in [0.29, 0.717) is 22.5 Å². The van der Waals surface area contributed by atoms with Gasteiger partial charge in [0.15, 0.2) is 0 Å². The Labute approximate surface area is 113 Å². The van der Waals surface area contributed by atoms with Crippen LogP contribution in [-0.2, 0) is 0 Å². The molecule has 0 unspecified atom stereocenters. The average Bonchev–Trinajstić information content (AvgIpc) is 2.90. The minimum atomic E-state index is -0.0162. The molecule has 2 saturated carbocycles. The average molecular weight is 264 g/mol. The molecule has 3 atom stereocenters. The maximum Gasteiger partial charge on any atom is 0.253 e. The zero-order valence-electron chi connectivity index (χ0n) is 10.6. The summed E-state index contributed by atoms with van der Waals surface area (Å²) >= 11 is 6.13. The van der Waals surface area contributed by atoms with E-state index in [9.17, 15) is 4.79 Å². The molecule has 3 heteroatoms. The number of halogens is 1. The van der Waals surface area contributed by atoms with Gasteiger partial charge in [0.05, 0.1) is 10.6 Å². The monoisotopic (exact) mass is 263 g/mol. The van der Waals surface area contributed by atoms with Crippen LogP contribution in [0.1, 0.15) is 41.6 Å². The lowest BCUT2D eigenvalue weighted by atomic mass is 9.95. The first-order valence-electron chi connectivity index (χ1n) is 6.70. The number of amides is 1. The maximum atomic E-state index is 12.2. The van der Waals surface area contributed by atoms with Crippen molar-refractivity contribution in [2.45, 2.75) is 38.6 Å². The number of rotatable bonds is 2. The SMILES string of the molecule is Cc1ccc(C(=O)N[C@@H]2C[C@H]3CC[C@@H]2C3)c(Cl)c1. The lowest BCUT2D eigenvalue weighted by Gasteiger charge is -2.23. The zero-order valence-corrected chi connectivity index (χ0v) is 11.3. The summed E-state index contributed by atoms with van der Waals surface area (Å²) in [4.78, 5) is 12.2. The molecule has 18 heavy (non-hydrogen) atoms. The van der Waals surface area contributed by atoms with E-state index in [0.717, 1.165) is 17.9 Å². The summed E-state index contributed by atoms with van der Waals surface area (Å²) in [7, 11) is 0. The Morgan fingerprint density at radius 3 is 2.78 bits per heavy atom. The standard InChI is InChI=1S/C15H18ClNO/c1-9-2-5-12(13(16)6-9)15(18)17-14-8-10-3-4-11(14)7-10/h2,5-6,10-11,14H,3-4,7-8H2,1H3,(H,17,18)/t10-,11+,14+/m0/s1. The van der Waals surface area contributed by atoms with E-state index in [2.05, 4.69) is 5.32 Å². The summed E-state index contributed by atoms with van der Waals surface area (Å²) in [6.45, 7) is 1.98. The Morgan fingerprint density at radius 1 is 1.33 bits per heavy atom. The van der Waals surface area contributed by atoms with Gasteiger partial charge in [-0.2, -0.15) is 0 Å². The lowest BCUT2D eigenvalue weighted by molar-refractivity contribution is 0.0923. The van der Waals surface area contributed by atoms with Gasteiger partial charge >= 0.3 is 0 Å². The summed E-state index contributed by atoms with van der Waals surface area (Å²) < 4.78 is 0. The second-order valence-electron chi connectivity index (χ2n) is 5.74. The Bertz CT molecular complexity index is 485. The smallest absolute Gasteiger partial charge is 0.253 e. The van der Waals surface area contributed by atoms with Crippen LogP contribution in [0.25, 0.3) is 0 Å². The van der Waals surface area contributed by atoms with Gasteiger partial charge in [-0.25, -0.2) is 0 Å². The quantitative estimate of drug-likeness (QED) is 0.868. The lowest BCUT2D eigenvalue weighted by Crippen LogP contribution is -2.38. The van der Waals surface area contributed by atoms with Crippen molar-refractivity contribution >= 4 is 17.5 Å². The van der Waals surface area contributed by atoms with Crippen molar-refractivity contribution in [1.82, 2.24) is 5.32 Å². The molecular weight excluding hydrogens is 246 g/mol. The van der Waals surface area contributed by atoms with E-state index in [1.54, 1.807) is 0 Å². The van der Waals surface area contributed by atoms with E-state index in [-0.39, 0.29) is 5.91 Å².